The third-order valence-corrected chi connectivity index (χ3v) is 11.0. The SMILES string of the molecule is CC.CCCC.C[C@H]1CC2C3CCC(CCC(C(=O)O)C(=O)O)C3(C)CC[C@@H]2C2(C)CCCCC12. The van der Waals surface area contributed by atoms with Crippen molar-refractivity contribution >= 4 is 11.9 Å². The van der Waals surface area contributed by atoms with Gasteiger partial charge >= 0.3 is 11.9 Å². The van der Waals surface area contributed by atoms with Gasteiger partial charge in [-0.3, -0.25) is 9.59 Å². The van der Waals surface area contributed by atoms with Crippen LogP contribution in [0, 0.1) is 52.3 Å². The molecule has 4 aliphatic carbocycles. The van der Waals surface area contributed by atoms with E-state index in [1.807, 2.05) is 13.8 Å². The number of carboxylic acids is 2. The maximum atomic E-state index is 11.3. The molecule has 2 N–H and O–H groups in total. The Morgan fingerprint density at radius 1 is 0.829 bits per heavy atom. The van der Waals surface area contributed by atoms with E-state index in [1.165, 1.54) is 64.2 Å². The second kappa shape index (κ2) is 13.0. The molecule has 4 fully saturated rings. The largest absolute Gasteiger partial charge is 0.481 e. The van der Waals surface area contributed by atoms with Crippen molar-refractivity contribution < 1.29 is 19.8 Å². The maximum Gasteiger partial charge on any atom is 0.317 e. The first kappa shape index (κ1) is 30.2. The zero-order valence-corrected chi connectivity index (χ0v) is 23.9. The molecule has 0 aliphatic heterocycles. The van der Waals surface area contributed by atoms with Gasteiger partial charge in [-0.25, -0.2) is 0 Å². The third kappa shape index (κ3) is 6.09. The summed E-state index contributed by atoms with van der Waals surface area (Å²) in [4.78, 5) is 22.6. The van der Waals surface area contributed by atoms with E-state index in [0.717, 1.165) is 42.4 Å². The van der Waals surface area contributed by atoms with Crippen LogP contribution < -0.4 is 0 Å². The van der Waals surface area contributed by atoms with Crippen molar-refractivity contribution in [2.24, 2.45) is 52.3 Å². The Bertz CT molecular complexity index is 673. The molecule has 204 valence electrons. The van der Waals surface area contributed by atoms with Crippen molar-refractivity contribution in [3.63, 3.8) is 0 Å². The highest BCUT2D eigenvalue weighted by Crippen LogP contribution is 2.68. The topological polar surface area (TPSA) is 74.6 Å². The Hall–Kier alpha value is -1.06. The van der Waals surface area contributed by atoms with Gasteiger partial charge in [0.05, 0.1) is 0 Å². The molecule has 35 heavy (non-hydrogen) atoms. The summed E-state index contributed by atoms with van der Waals surface area (Å²) in [5.41, 5.74) is 0.804. The predicted octanol–water partition coefficient (Wildman–Crippen LogP) is 8.68. The molecule has 4 heteroatoms. The molecule has 4 aliphatic rings. The van der Waals surface area contributed by atoms with Crippen molar-refractivity contribution in [3.05, 3.63) is 0 Å². The van der Waals surface area contributed by atoms with Crippen molar-refractivity contribution in [1.29, 1.82) is 0 Å². The van der Waals surface area contributed by atoms with Crippen molar-refractivity contribution in [3.8, 4) is 0 Å². The fourth-order valence-corrected chi connectivity index (χ4v) is 9.11. The Balaban J connectivity index is 0.000000655. The van der Waals surface area contributed by atoms with Gasteiger partial charge in [0.15, 0.2) is 5.92 Å². The first-order chi connectivity index (χ1) is 16.6. The molecule has 0 aromatic carbocycles. The molecule has 4 saturated carbocycles. The maximum absolute atomic E-state index is 11.3. The zero-order chi connectivity index (χ0) is 26.4. The first-order valence-corrected chi connectivity index (χ1v) is 15.1. The summed E-state index contributed by atoms with van der Waals surface area (Å²) >= 11 is 0. The lowest BCUT2D eigenvalue weighted by Crippen LogP contribution is -2.55. The summed E-state index contributed by atoms with van der Waals surface area (Å²) in [7, 11) is 0. The number of hydrogen-bond donors (Lipinski definition) is 2. The van der Waals surface area contributed by atoms with Crippen LogP contribution in [0.2, 0.25) is 0 Å². The molecule has 0 saturated heterocycles. The number of hydrogen-bond acceptors (Lipinski definition) is 2. The second-order valence-electron chi connectivity index (χ2n) is 12.6. The quantitative estimate of drug-likeness (QED) is 0.364. The van der Waals surface area contributed by atoms with Crippen molar-refractivity contribution in [2.45, 2.75) is 132 Å². The van der Waals surface area contributed by atoms with E-state index in [2.05, 4.69) is 34.6 Å². The van der Waals surface area contributed by atoms with Gasteiger partial charge in [-0.05, 0) is 104 Å². The fraction of sp³-hybridized carbons (Fsp3) is 0.935. The van der Waals surface area contributed by atoms with E-state index in [4.69, 9.17) is 0 Å². The number of rotatable bonds is 6. The highest BCUT2D eigenvalue weighted by Gasteiger charge is 2.60. The lowest BCUT2D eigenvalue weighted by atomic mass is 9.43. The molecule has 0 heterocycles. The van der Waals surface area contributed by atoms with Crippen LogP contribution in [-0.2, 0) is 9.59 Å². The second-order valence-corrected chi connectivity index (χ2v) is 12.6. The average Bonchev–Trinajstić information content (AvgIpc) is 3.17. The van der Waals surface area contributed by atoms with E-state index in [-0.39, 0.29) is 11.8 Å². The van der Waals surface area contributed by atoms with Crippen LogP contribution in [0.1, 0.15) is 132 Å². The van der Waals surface area contributed by atoms with Crippen molar-refractivity contribution in [2.75, 3.05) is 0 Å². The molecule has 0 radical (unpaired) electrons. The molecule has 6 unspecified atom stereocenters. The Kier molecular flexibility index (Phi) is 11.2. The van der Waals surface area contributed by atoms with Gasteiger partial charge < -0.3 is 10.2 Å². The predicted molar refractivity (Wildman–Crippen MR) is 144 cm³/mol. The smallest absolute Gasteiger partial charge is 0.317 e. The van der Waals surface area contributed by atoms with Gasteiger partial charge in [0.1, 0.15) is 0 Å². The van der Waals surface area contributed by atoms with Crippen LogP contribution >= 0.6 is 0 Å². The molecule has 4 nitrogen and oxygen atoms in total. The number of carbonyl (C=O) groups is 2. The Labute approximate surface area is 216 Å². The number of fused-ring (bicyclic) bond motifs is 5. The van der Waals surface area contributed by atoms with Crippen LogP contribution in [0.25, 0.3) is 0 Å². The van der Waals surface area contributed by atoms with Crippen molar-refractivity contribution in [1.82, 2.24) is 0 Å². The highest BCUT2D eigenvalue weighted by atomic mass is 16.4. The highest BCUT2D eigenvalue weighted by molar-refractivity contribution is 5.92. The normalized spacial score (nSPS) is 39.7. The first-order valence-electron chi connectivity index (χ1n) is 15.1. The molecule has 0 aromatic rings. The summed E-state index contributed by atoms with van der Waals surface area (Å²) in [6.07, 6.45) is 15.7. The van der Waals surface area contributed by atoms with E-state index in [0.29, 0.717) is 11.3 Å². The molecule has 0 amide bonds. The standard InChI is InChI=1S/C25H40O4.C4H10.C2H6/c1-15-14-18-20-10-8-16(7-9-17(22(26)27)23(28)29)24(20,2)13-11-21(18)25(3)12-5-4-6-19(15)25;1-3-4-2;1-2/h15-21H,4-14H2,1-3H3,(H,26,27)(H,28,29);3-4H2,1-2H3;1-2H3/t15-,16?,18?,19?,20?,21-,24?,25?;;/m0../s1. The molecule has 4 rings (SSSR count). The number of unbranched alkanes of at least 4 members (excludes halogenated alkanes) is 1. The van der Waals surface area contributed by atoms with Crippen LogP contribution in [-0.4, -0.2) is 22.2 Å². The number of carboxylic acid groups (broad SMARTS) is 2. The molecular formula is C31H56O4. The summed E-state index contributed by atoms with van der Waals surface area (Å²) in [6.45, 7) is 15.9. The molecule has 8 atom stereocenters. The van der Waals surface area contributed by atoms with Crippen LogP contribution in [0.5, 0.6) is 0 Å². The number of aliphatic carboxylic acids is 2. The molecular weight excluding hydrogens is 436 g/mol. The van der Waals surface area contributed by atoms with Gasteiger partial charge in [-0.1, -0.05) is 74.1 Å². The Morgan fingerprint density at radius 2 is 1.43 bits per heavy atom. The van der Waals surface area contributed by atoms with Gasteiger partial charge in [0, 0.05) is 0 Å². The molecule has 0 aromatic heterocycles. The van der Waals surface area contributed by atoms with E-state index in [1.54, 1.807) is 0 Å². The average molecular weight is 493 g/mol. The van der Waals surface area contributed by atoms with Gasteiger partial charge in [-0.15, -0.1) is 0 Å². The zero-order valence-electron chi connectivity index (χ0n) is 23.9. The minimum atomic E-state index is -1.24. The monoisotopic (exact) mass is 492 g/mol. The lowest BCUT2D eigenvalue weighted by Gasteiger charge is -2.62. The van der Waals surface area contributed by atoms with Crippen LogP contribution in [0.3, 0.4) is 0 Å². The summed E-state index contributed by atoms with van der Waals surface area (Å²) in [5.74, 6) is 1.05. The fourth-order valence-electron chi connectivity index (χ4n) is 9.11. The van der Waals surface area contributed by atoms with E-state index in [9.17, 15) is 19.8 Å². The summed E-state index contributed by atoms with van der Waals surface area (Å²) in [5, 5.41) is 18.5. The third-order valence-electron chi connectivity index (χ3n) is 11.0. The summed E-state index contributed by atoms with van der Waals surface area (Å²) < 4.78 is 0. The molecule has 0 spiro atoms. The molecule has 0 bridgehead atoms. The van der Waals surface area contributed by atoms with Crippen LogP contribution in [0.15, 0.2) is 0 Å². The van der Waals surface area contributed by atoms with E-state index >= 15 is 0 Å². The minimum absolute atomic E-state index is 0.278. The van der Waals surface area contributed by atoms with Gasteiger partial charge in [-0.2, -0.15) is 0 Å². The van der Waals surface area contributed by atoms with Crippen LogP contribution in [0.4, 0.5) is 0 Å². The van der Waals surface area contributed by atoms with Gasteiger partial charge in [0.2, 0.25) is 0 Å². The minimum Gasteiger partial charge on any atom is -0.481 e. The lowest BCUT2D eigenvalue weighted by molar-refractivity contribution is -0.155. The van der Waals surface area contributed by atoms with E-state index < -0.39 is 17.9 Å². The summed E-state index contributed by atoms with van der Waals surface area (Å²) in [6, 6.07) is 0. The van der Waals surface area contributed by atoms with Gasteiger partial charge in [0.25, 0.3) is 0 Å². The Morgan fingerprint density at radius 3 is 2.00 bits per heavy atom.